The van der Waals surface area contributed by atoms with E-state index in [-0.39, 0.29) is 0 Å². The number of aromatic nitrogens is 2. The zero-order valence-corrected chi connectivity index (χ0v) is 10.3. The summed E-state index contributed by atoms with van der Waals surface area (Å²) in [5.41, 5.74) is 6.76. The van der Waals surface area contributed by atoms with E-state index in [0.29, 0.717) is 12.5 Å². The van der Waals surface area contributed by atoms with E-state index in [1.54, 1.807) is 6.20 Å². The maximum atomic E-state index is 5.71. The van der Waals surface area contributed by atoms with Gasteiger partial charge in [0.2, 0.25) is 0 Å². The van der Waals surface area contributed by atoms with Crippen LogP contribution in [-0.4, -0.2) is 37.0 Å². The Morgan fingerprint density at radius 1 is 1.47 bits per heavy atom. The Hall–Kier alpha value is -1.20. The maximum Gasteiger partial charge on any atom is 0.155 e. The molecule has 0 amide bonds. The molecule has 94 valence electrons. The first kappa shape index (κ1) is 12.3. The van der Waals surface area contributed by atoms with Gasteiger partial charge >= 0.3 is 0 Å². The molecule has 0 unspecified atom stereocenters. The highest BCUT2D eigenvalue weighted by atomic mass is 16.5. The van der Waals surface area contributed by atoms with E-state index in [9.17, 15) is 0 Å². The number of hydrogen-bond acceptors (Lipinski definition) is 5. The lowest BCUT2D eigenvalue weighted by molar-refractivity contribution is 0.0684. The molecule has 5 heteroatoms. The summed E-state index contributed by atoms with van der Waals surface area (Å²) >= 11 is 0. The van der Waals surface area contributed by atoms with Crippen molar-refractivity contribution in [2.75, 3.05) is 31.7 Å². The molecule has 0 aromatic carbocycles. The van der Waals surface area contributed by atoms with Gasteiger partial charge < -0.3 is 15.4 Å². The topological polar surface area (TPSA) is 64.3 Å². The molecule has 0 aliphatic carbocycles. The summed E-state index contributed by atoms with van der Waals surface area (Å²) in [6.45, 7) is 3.25. The molecule has 1 aliphatic rings. The van der Waals surface area contributed by atoms with Gasteiger partial charge in [-0.2, -0.15) is 5.10 Å². The highest BCUT2D eigenvalue weighted by molar-refractivity contribution is 5.44. The highest BCUT2D eigenvalue weighted by Gasteiger charge is 2.17. The van der Waals surface area contributed by atoms with Gasteiger partial charge in [0, 0.05) is 38.9 Å². The number of nitrogens with two attached hydrogens (primary N) is 1. The molecule has 5 nitrogen and oxygen atoms in total. The van der Waals surface area contributed by atoms with Crippen LogP contribution in [0.2, 0.25) is 0 Å². The summed E-state index contributed by atoms with van der Waals surface area (Å²) in [6.07, 6.45) is 3.94. The third-order valence-corrected chi connectivity index (χ3v) is 3.24. The Bertz CT molecular complexity index is 352. The SMILES string of the molecule is CN(CC1CCOCC1)c1nnccc1CN. The molecule has 0 saturated carbocycles. The zero-order chi connectivity index (χ0) is 12.1. The summed E-state index contributed by atoms with van der Waals surface area (Å²) in [5.74, 6) is 1.59. The van der Waals surface area contributed by atoms with Crippen LogP contribution in [0.3, 0.4) is 0 Å². The standard InChI is InChI=1S/C12H20N4O/c1-16(9-10-3-6-17-7-4-10)12-11(8-13)2-5-14-15-12/h2,5,10H,3-4,6-9,13H2,1H3. The van der Waals surface area contributed by atoms with Crippen LogP contribution in [-0.2, 0) is 11.3 Å². The minimum absolute atomic E-state index is 0.503. The van der Waals surface area contributed by atoms with Crippen LogP contribution in [0.25, 0.3) is 0 Å². The van der Waals surface area contributed by atoms with Crippen LogP contribution in [0, 0.1) is 5.92 Å². The monoisotopic (exact) mass is 236 g/mol. The molecule has 0 atom stereocenters. The Labute approximate surface area is 102 Å². The van der Waals surface area contributed by atoms with Crippen molar-refractivity contribution in [1.82, 2.24) is 10.2 Å². The van der Waals surface area contributed by atoms with Gasteiger partial charge in [0.1, 0.15) is 0 Å². The number of anilines is 1. The summed E-state index contributed by atoms with van der Waals surface area (Å²) in [4.78, 5) is 2.16. The predicted octanol–water partition coefficient (Wildman–Crippen LogP) is 0.798. The summed E-state index contributed by atoms with van der Waals surface area (Å²) in [7, 11) is 2.05. The van der Waals surface area contributed by atoms with Crippen molar-refractivity contribution in [2.24, 2.45) is 11.7 Å². The molecule has 0 spiro atoms. The van der Waals surface area contributed by atoms with Crippen molar-refractivity contribution in [3.63, 3.8) is 0 Å². The first-order chi connectivity index (χ1) is 8.31. The van der Waals surface area contributed by atoms with Crippen molar-refractivity contribution in [1.29, 1.82) is 0 Å². The van der Waals surface area contributed by atoms with Gasteiger partial charge in [0.25, 0.3) is 0 Å². The molecule has 2 heterocycles. The van der Waals surface area contributed by atoms with E-state index in [1.807, 2.05) is 6.07 Å². The Morgan fingerprint density at radius 2 is 2.24 bits per heavy atom. The third-order valence-electron chi connectivity index (χ3n) is 3.24. The van der Waals surface area contributed by atoms with Gasteiger partial charge in [0.15, 0.2) is 5.82 Å². The second-order valence-corrected chi connectivity index (χ2v) is 4.52. The minimum atomic E-state index is 0.503. The first-order valence-corrected chi connectivity index (χ1v) is 6.10. The van der Waals surface area contributed by atoms with Gasteiger partial charge in [-0.25, -0.2) is 0 Å². The molecule has 2 rings (SSSR count). The molecular formula is C12H20N4O. The Balaban J connectivity index is 2.00. The van der Waals surface area contributed by atoms with E-state index in [4.69, 9.17) is 10.5 Å². The van der Waals surface area contributed by atoms with E-state index < -0.39 is 0 Å². The lowest BCUT2D eigenvalue weighted by Crippen LogP contribution is -2.31. The Morgan fingerprint density at radius 3 is 2.94 bits per heavy atom. The molecule has 1 saturated heterocycles. The first-order valence-electron chi connectivity index (χ1n) is 6.10. The largest absolute Gasteiger partial charge is 0.381 e. The van der Waals surface area contributed by atoms with Crippen molar-refractivity contribution in [3.05, 3.63) is 17.8 Å². The van der Waals surface area contributed by atoms with Crippen LogP contribution in [0.5, 0.6) is 0 Å². The summed E-state index contributed by atoms with van der Waals surface area (Å²) < 4.78 is 5.37. The second kappa shape index (κ2) is 5.93. The number of hydrogen-bond donors (Lipinski definition) is 1. The van der Waals surface area contributed by atoms with Crippen LogP contribution in [0.15, 0.2) is 12.3 Å². The van der Waals surface area contributed by atoms with E-state index in [0.717, 1.165) is 44.0 Å². The lowest BCUT2D eigenvalue weighted by Gasteiger charge is -2.28. The zero-order valence-electron chi connectivity index (χ0n) is 10.3. The average molecular weight is 236 g/mol. The molecule has 17 heavy (non-hydrogen) atoms. The van der Waals surface area contributed by atoms with Crippen LogP contribution in [0.1, 0.15) is 18.4 Å². The fourth-order valence-electron chi connectivity index (χ4n) is 2.23. The van der Waals surface area contributed by atoms with E-state index in [2.05, 4.69) is 22.1 Å². The molecule has 0 radical (unpaired) electrons. The van der Waals surface area contributed by atoms with Gasteiger partial charge in [-0.05, 0) is 24.8 Å². The quantitative estimate of drug-likeness (QED) is 0.837. The van der Waals surface area contributed by atoms with Gasteiger partial charge in [-0.1, -0.05) is 0 Å². The highest BCUT2D eigenvalue weighted by Crippen LogP contribution is 2.20. The fourth-order valence-corrected chi connectivity index (χ4v) is 2.23. The van der Waals surface area contributed by atoms with Crippen LogP contribution in [0.4, 0.5) is 5.82 Å². The summed E-state index contributed by atoms with van der Waals surface area (Å²) in [5, 5.41) is 8.12. The smallest absolute Gasteiger partial charge is 0.155 e. The second-order valence-electron chi connectivity index (χ2n) is 4.52. The summed E-state index contributed by atoms with van der Waals surface area (Å²) in [6, 6.07) is 1.93. The van der Waals surface area contributed by atoms with Crippen molar-refractivity contribution < 1.29 is 4.74 Å². The molecular weight excluding hydrogens is 216 g/mol. The van der Waals surface area contributed by atoms with Gasteiger partial charge in [-0.3, -0.25) is 0 Å². The molecule has 1 aliphatic heterocycles. The third kappa shape index (κ3) is 3.14. The van der Waals surface area contributed by atoms with E-state index >= 15 is 0 Å². The predicted molar refractivity (Wildman–Crippen MR) is 66.7 cm³/mol. The normalized spacial score (nSPS) is 17.1. The Kier molecular flexibility index (Phi) is 4.28. The molecule has 2 N–H and O–H groups in total. The fraction of sp³-hybridized carbons (Fsp3) is 0.667. The number of nitrogens with zero attached hydrogens (tertiary/aromatic N) is 3. The maximum absolute atomic E-state index is 5.71. The number of ether oxygens (including phenoxy) is 1. The van der Waals surface area contributed by atoms with Crippen molar-refractivity contribution >= 4 is 5.82 Å². The molecule has 1 fully saturated rings. The number of rotatable bonds is 4. The average Bonchev–Trinajstić information content (AvgIpc) is 2.40. The van der Waals surface area contributed by atoms with Crippen molar-refractivity contribution in [2.45, 2.75) is 19.4 Å². The lowest BCUT2D eigenvalue weighted by atomic mass is 10.00. The van der Waals surface area contributed by atoms with E-state index in [1.165, 1.54) is 0 Å². The molecule has 1 aromatic rings. The molecule has 1 aromatic heterocycles. The van der Waals surface area contributed by atoms with Gasteiger partial charge in [-0.15, -0.1) is 5.10 Å². The van der Waals surface area contributed by atoms with Crippen LogP contribution >= 0.6 is 0 Å². The van der Waals surface area contributed by atoms with Crippen molar-refractivity contribution in [3.8, 4) is 0 Å². The minimum Gasteiger partial charge on any atom is -0.381 e. The molecule has 0 bridgehead atoms. The van der Waals surface area contributed by atoms with Crippen LogP contribution < -0.4 is 10.6 Å². The van der Waals surface area contributed by atoms with Gasteiger partial charge in [0.05, 0.1) is 6.20 Å².